The van der Waals surface area contributed by atoms with E-state index < -0.39 is 17.4 Å². The van der Waals surface area contributed by atoms with Crippen LogP contribution in [0.25, 0.3) is 0 Å². The number of fused-ring (bicyclic) bond motifs is 1. The Hall–Kier alpha value is -1.62. The van der Waals surface area contributed by atoms with Gasteiger partial charge in [-0.2, -0.15) is 0 Å². The van der Waals surface area contributed by atoms with Crippen molar-refractivity contribution in [3.63, 3.8) is 0 Å². The van der Waals surface area contributed by atoms with Crippen molar-refractivity contribution in [2.75, 3.05) is 14.2 Å². The molecule has 108 valence electrons. The molecule has 0 radical (unpaired) electrons. The van der Waals surface area contributed by atoms with Crippen molar-refractivity contribution >= 4 is 23.5 Å². The van der Waals surface area contributed by atoms with E-state index in [0.29, 0.717) is 0 Å². The summed E-state index contributed by atoms with van der Waals surface area (Å²) in [5, 5.41) is -0.230. The van der Waals surface area contributed by atoms with Crippen molar-refractivity contribution in [3.8, 4) is 0 Å². The predicted octanol–water partition coefficient (Wildman–Crippen LogP) is 1.81. The number of carbonyl (C=O) groups excluding carboxylic acids is 2. The van der Waals surface area contributed by atoms with Crippen molar-refractivity contribution in [1.29, 1.82) is 0 Å². The van der Waals surface area contributed by atoms with Crippen LogP contribution in [-0.2, 0) is 31.9 Å². The lowest BCUT2D eigenvalue weighted by molar-refractivity contribution is -0.168. The SMILES string of the molecule is COC(=O)C1(C(=O)OC)Cc2cnc(C(C)Cl)cc2C1. The second kappa shape index (κ2) is 5.40. The van der Waals surface area contributed by atoms with E-state index >= 15 is 0 Å². The van der Waals surface area contributed by atoms with Gasteiger partial charge in [0.25, 0.3) is 0 Å². The summed E-state index contributed by atoms with van der Waals surface area (Å²) >= 11 is 6.01. The lowest BCUT2D eigenvalue weighted by atomic mass is 9.85. The molecule has 0 amide bonds. The molecule has 1 heterocycles. The summed E-state index contributed by atoms with van der Waals surface area (Å²) in [4.78, 5) is 28.4. The van der Waals surface area contributed by atoms with Gasteiger partial charge in [-0.3, -0.25) is 14.6 Å². The van der Waals surface area contributed by atoms with Crippen LogP contribution in [0.1, 0.15) is 29.1 Å². The number of nitrogens with zero attached hydrogens (tertiary/aromatic N) is 1. The van der Waals surface area contributed by atoms with E-state index in [9.17, 15) is 9.59 Å². The second-order valence-electron chi connectivity index (χ2n) is 4.91. The Balaban J connectivity index is 2.42. The fourth-order valence-corrected chi connectivity index (χ4v) is 2.68. The molecule has 0 bridgehead atoms. The van der Waals surface area contributed by atoms with Gasteiger partial charge in [0.05, 0.1) is 25.3 Å². The van der Waals surface area contributed by atoms with Crippen molar-refractivity contribution in [2.24, 2.45) is 5.41 Å². The molecule has 6 heteroatoms. The largest absolute Gasteiger partial charge is 0.468 e. The topological polar surface area (TPSA) is 65.5 Å². The van der Waals surface area contributed by atoms with Gasteiger partial charge in [-0.1, -0.05) is 0 Å². The van der Waals surface area contributed by atoms with Crippen LogP contribution in [0.2, 0.25) is 0 Å². The second-order valence-corrected chi connectivity index (χ2v) is 5.57. The van der Waals surface area contributed by atoms with Crippen LogP contribution in [0.5, 0.6) is 0 Å². The highest BCUT2D eigenvalue weighted by Gasteiger charge is 2.52. The van der Waals surface area contributed by atoms with Gasteiger partial charge in [-0.25, -0.2) is 0 Å². The molecule has 1 aromatic rings. The van der Waals surface area contributed by atoms with Crippen molar-refractivity contribution < 1.29 is 19.1 Å². The van der Waals surface area contributed by atoms with E-state index in [-0.39, 0.29) is 18.2 Å². The molecule has 0 spiro atoms. The predicted molar refractivity (Wildman–Crippen MR) is 72.4 cm³/mol. The maximum Gasteiger partial charge on any atom is 0.323 e. The van der Waals surface area contributed by atoms with Crippen LogP contribution in [0.3, 0.4) is 0 Å². The minimum Gasteiger partial charge on any atom is -0.468 e. The first-order chi connectivity index (χ1) is 9.44. The number of alkyl halides is 1. The number of ether oxygens (including phenoxy) is 2. The molecule has 5 nitrogen and oxygen atoms in total. The average molecular weight is 298 g/mol. The highest BCUT2D eigenvalue weighted by atomic mass is 35.5. The lowest BCUT2D eigenvalue weighted by Crippen LogP contribution is -2.42. The van der Waals surface area contributed by atoms with Gasteiger partial charge >= 0.3 is 11.9 Å². The summed E-state index contributed by atoms with van der Waals surface area (Å²) < 4.78 is 9.57. The molecule has 0 N–H and O–H groups in total. The Labute approximate surface area is 122 Å². The average Bonchev–Trinajstić information content (AvgIpc) is 2.84. The third kappa shape index (κ3) is 2.26. The standard InChI is InChI=1S/C14H16ClNO4/c1-8(15)11-4-9-5-14(12(17)19-2,13(18)20-3)6-10(9)7-16-11/h4,7-8H,5-6H2,1-3H3. The van der Waals surface area contributed by atoms with E-state index in [0.717, 1.165) is 16.8 Å². The maximum atomic E-state index is 12.1. The van der Waals surface area contributed by atoms with Gasteiger partial charge in [0, 0.05) is 12.6 Å². The molecule has 0 aromatic carbocycles. The highest BCUT2D eigenvalue weighted by molar-refractivity contribution is 6.20. The zero-order chi connectivity index (χ0) is 14.9. The number of carbonyl (C=O) groups is 2. The van der Waals surface area contributed by atoms with Crippen molar-refractivity contribution in [3.05, 3.63) is 29.1 Å². The molecule has 1 aliphatic carbocycles. The Morgan fingerprint density at radius 2 is 1.80 bits per heavy atom. The van der Waals surface area contributed by atoms with Gasteiger partial charge < -0.3 is 9.47 Å². The van der Waals surface area contributed by atoms with E-state index in [1.807, 2.05) is 13.0 Å². The van der Waals surface area contributed by atoms with Crippen LogP contribution in [-0.4, -0.2) is 31.1 Å². The van der Waals surface area contributed by atoms with E-state index in [1.54, 1.807) is 6.20 Å². The first kappa shape index (κ1) is 14.8. The normalized spacial score (nSPS) is 17.2. The molecule has 1 aliphatic rings. The lowest BCUT2D eigenvalue weighted by Gasteiger charge is -2.22. The first-order valence-electron chi connectivity index (χ1n) is 6.23. The summed E-state index contributed by atoms with van der Waals surface area (Å²) in [6, 6.07) is 1.83. The molecule has 2 rings (SSSR count). The van der Waals surface area contributed by atoms with E-state index in [1.165, 1.54) is 14.2 Å². The third-order valence-electron chi connectivity index (χ3n) is 3.65. The van der Waals surface area contributed by atoms with E-state index in [4.69, 9.17) is 21.1 Å². The number of esters is 2. The summed E-state index contributed by atoms with van der Waals surface area (Å²) in [6.45, 7) is 1.82. The van der Waals surface area contributed by atoms with Crippen molar-refractivity contribution in [1.82, 2.24) is 4.98 Å². The number of aromatic nitrogens is 1. The molecular weight excluding hydrogens is 282 g/mol. The summed E-state index contributed by atoms with van der Waals surface area (Å²) in [6.07, 6.45) is 2.16. The fourth-order valence-electron chi connectivity index (χ4n) is 2.56. The smallest absolute Gasteiger partial charge is 0.323 e. The molecule has 0 fully saturated rings. The van der Waals surface area contributed by atoms with Crippen LogP contribution in [0, 0.1) is 5.41 Å². The Kier molecular flexibility index (Phi) is 3.99. The fraction of sp³-hybridized carbons (Fsp3) is 0.500. The van der Waals surface area contributed by atoms with Gasteiger partial charge in [-0.05, 0) is 30.5 Å². The quantitative estimate of drug-likeness (QED) is 0.484. The Bertz CT molecular complexity index is 540. The molecule has 20 heavy (non-hydrogen) atoms. The molecule has 0 saturated carbocycles. The summed E-state index contributed by atoms with van der Waals surface area (Å²) in [5.74, 6) is -1.16. The number of hydrogen-bond donors (Lipinski definition) is 0. The highest BCUT2D eigenvalue weighted by Crippen LogP contribution is 2.39. The van der Waals surface area contributed by atoms with Crippen LogP contribution in [0.4, 0.5) is 0 Å². The Morgan fingerprint density at radius 3 is 2.30 bits per heavy atom. The van der Waals surface area contributed by atoms with Gasteiger partial charge in [0.2, 0.25) is 0 Å². The third-order valence-corrected chi connectivity index (χ3v) is 3.87. The number of halogens is 1. The van der Waals surface area contributed by atoms with Crippen LogP contribution < -0.4 is 0 Å². The minimum atomic E-state index is -1.30. The van der Waals surface area contributed by atoms with Crippen molar-refractivity contribution in [2.45, 2.75) is 25.1 Å². The molecular formula is C14H16ClNO4. The molecule has 0 saturated heterocycles. The van der Waals surface area contributed by atoms with Gasteiger partial charge in [0.1, 0.15) is 0 Å². The Morgan fingerprint density at radius 1 is 1.25 bits per heavy atom. The minimum absolute atomic E-state index is 0.230. The first-order valence-corrected chi connectivity index (χ1v) is 6.67. The van der Waals surface area contributed by atoms with Crippen LogP contribution >= 0.6 is 11.6 Å². The molecule has 1 atom stereocenters. The summed E-state index contributed by atoms with van der Waals surface area (Å²) in [5.41, 5.74) is 1.15. The van der Waals surface area contributed by atoms with Gasteiger partial charge in [-0.15, -0.1) is 11.6 Å². The van der Waals surface area contributed by atoms with Crippen LogP contribution in [0.15, 0.2) is 12.3 Å². The molecule has 1 aromatic heterocycles. The monoisotopic (exact) mass is 297 g/mol. The van der Waals surface area contributed by atoms with E-state index in [2.05, 4.69) is 4.98 Å². The maximum absolute atomic E-state index is 12.1. The number of pyridine rings is 1. The number of hydrogen-bond acceptors (Lipinski definition) is 5. The van der Waals surface area contributed by atoms with Gasteiger partial charge in [0.15, 0.2) is 5.41 Å². The number of methoxy groups -OCH3 is 2. The summed E-state index contributed by atoms with van der Waals surface area (Å²) in [7, 11) is 2.53. The number of rotatable bonds is 3. The molecule has 1 unspecified atom stereocenters. The zero-order valence-electron chi connectivity index (χ0n) is 11.6. The molecule has 0 aliphatic heterocycles. The zero-order valence-corrected chi connectivity index (χ0v) is 12.4.